The molecular formula is C14H17BrFNO2. The van der Waals surface area contributed by atoms with Crippen molar-refractivity contribution in [1.82, 2.24) is 5.32 Å². The van der Waals surface area contributed by atoms with Crippen molar-refractivity contribution >= 4 is 21.8 Å². The number of phenolic OH excluding ortho intramolecular Hbond substituents is 1. The third kappa shape index (κ3) is 3.26. The Morgan fingerprint density at radius 3 is 2.84 bits per heavy atom. The molecule has 3 nitrogen and oxygen atoms in total. The maximum atomic E-state index is 13.5. The minimum absolute atomic E-state index is 0.268. The molecule has 0 spiro atoms. The third-order valence-electron chi connectivity index (χ3n) is 3.76. The second-order valence-corrected chi connectivity index (χ2v) is 5.60. The molecule has 2 N–H and O–H groups in total. The molecule has 0 aromatic heterocycles. The summed E-state index contributed by atoms with van der Waals surface area (Å²) in [5, 5.41) is 13.2. The van der Waals surface area contributed by atoms with E-state index in [9.17, 15) is 14.3 Å². The van der Waals surface area contributed by atoms with Crippen molar-refractivity contribution in [2.24, 2.45) is 11.8 Å². The van der Waals surface area contributed by atoms with Crippen LogP contribution in [0.25, 0.3) is 0 Å². The van der Waals surface area contributed by atoms with E-state index < -0.39 is 11.7 Å². The van der Waals surface area contributed by atoms with Crippen molar-refractivity contribution in [1.29, 1.82) is 0 Å². The first-order valence-corrected chi connectivity index (χ1v) is 7.57. The number of benzene rings is 1. The average molecular weight is 330 g/mol. The molecule has 1 aromatic carbocycles. The molecule has 1 amide bonds. The van der Waals surface area contributed by atoms with Gasteiger partial charge in [-0.15, -0.1) is 0 Å². The number of hydrogen-bond acceptors (Lipinski definition) is 2. The van der Waals surface area contributed by atoms with Crippen LogP contribution in [-0.2, 0) is 0 Å². The number of hydrogen-bond donors (Lipinski definition) is 2. The average Bonchev–Trinajstić information content (AvgIpc) is 2.83. The van der Waals surface area contributed by atoms with Gasteiger partial charge in [0.15, 0.2) is 0 Å². The molecule has 1 aromatic rings. The summed E-state index contributed by atoms with van der Waals surface area (Å²) in [4.78, 5) is 11.9. The van der Waals surface area contributed by atoms with E-state index in [1.165, 1.54) is 24.6 Å². The quantitative estimate of drug-likeness (QED) is 0.834. The first-order chi connectivity index (χ1) is 9.13. The highest BCUT2D eigenvalue weighted by Crippen LogP contribution is 2.32. The van der Waals surface area contributed by atoms with Crippen LogP contribution in [0, 0.1) is 17.7 Å². The minimum Gasteiger partial charge on any atom is -0.507 e. The summed E-state index contributed by atoms with van der Waals surface area (Å²) in [5.41, 5.74) is -0.268. The maximum absolute atomic E-state index is 13.5. The number of phenols is 1. The van der Waals surface area contributed by atoms with Crippen LogP contribution in [0.1, 0.15) is 29.6 Å². The molecule has 0 bridgehead atoms. The van der Waals surface area contributed by atoms with E-state index in [-0.39, 0.29) is 11.3 Å². The van der Waals surface area contributed by atoms with E-state index in [2.05, 4.69) is 21.2 Å². The molecule has 0 heterocycles. The topological polar surface area (TPSA) is 49.3 Å². The van der Waals surface area contributed by atoms with Crippen LogP contribution in [0.15, 0.2) is 18.2 Å². The van der Waals surface area contributed by atoms with Crippen LogP contribution in [0.3, 0.4) is 0 Å². The van der Waals surface area contributed by atoms with Crippen molar-refractivity contribution in [3.8, 4) is 5.75 Å². The van der Waals surface area contributed by atoms with Gasteiger partial charge in [0.25, 0.3) is 5.91 Å². The molecule has 2 atom stereocenters. The van der Waals surface area contributed by atoms with Gasteiger partial charge in [0, 0.05) is 11.9 Å². The monoisotopic (exact) mass is 329 g/mol. The number of aromatic hydroxyl groups is 1. The summed E-state index contributed by atoms with van der Waals surface area (Å²) in [6.07, 6.45) is 3.41. The number of rotatable bonds is 4. The van der Waals surface area contributed by atoms with Gasteiger partial charge in [-0.1, -0.05) is 28.4 Å². The Morgan fingerprint density at radius 2 is 2.16 bits per heavy atom. The molecule has 5 heteroatoms. The Labute approximate surface area is 120 Å². The normalized spacial score (nSPS) is 22.4. The Kier molecular flexibility index (Phi) is 4.80. The molecule has 1 fully saturated rings. The number of amides is 1. The van der Waals surface area contributed by atoms with Gasteiger partial charge in [-0.05, 0) is 36.8 Å². The molecule has 1 aliphatic rings. The van der Waals surface area contributed by atoms with Crippen LogP contribution in [0.4, 0.5) is 4.39 Å². The summed E-state index contributed by atoms with van der Waals surface area (Å²) in [6.45, 7) is 0.531. The van der Waals surface area contributed by atoms with Crippen molar-refractivity contribution < 1.29 is 14.3 Å². The second-order valence-electron chi connectivity index (χ2n) is 4.95. The van der Waals surface area contributed by atoms with Gasteiger partial charge in [-0.2, -0.15) is 0 Å². The first kappa shape index (κ1) is 14.3. The van der Waals surface area contributed by atoms with Gasteiger partial charge >= 0.3 is 0 Å². The predicted octanol–water partition coefficient (Wildman–Crippen LogP) is 3.07. The van der Waals surface area contributed by atoms with E-state index in [4.69, 9.17) is 0 Å². The standard InChI is InChI=1S/C14H17BrFNO2/c15-7-9-3-1-4-10(9)8-17-14(19)13-11(16)5-2-6-12(13)18/h2,5-6,9-10,18H,1,3-4,7-8H2,(H,17,19). The van der Waals surface area contributed by atoms with Crippen molar-refractivity contribution in [2.75, 3.05) is 11.9 Å². The lowest BCUT2D eigenvalue weighted by Crippen LogP contribution is -2.31. The molecule has 19 heavy (non-hydrogen) atoms. The Morgan fingerprint density at radius 1 is 1.42 bits per heavy atom. The van der Waals surface area contributed by atoms with E-state index in [0.717, 1.165) is 18.2 Å². The van der Waals surface area contributed by atoms with Gasteiger partial charge in [0.1, 0.15) is 17.1 Å². The summed E-state index contributed by atoms with van der Waals surface area (Å²) in [6, 6.07) is 3.86. The van der Waals surface area contributed by atoms with Crippen molar-refractivity contribution in [3.05, 3.63) is 29.6 Å². The summed E-state index contributed by atoms with van der Waals surface area (Å²) in [5.74, 6) is -0.565. The molecule has 2 unspecified atom stereocenters. The van der Waals surface area contributed by atoms with E-state index >= 15 is 0 Å². The van der Waals surface area contributed by atoms with E-state index in [1.54, 1.807) is 0 Å². The molecule has 1 aliphatic carbocycles. The molecule has 104 valence electrons. The maximum Gasteiger partial charge on any atom is 0.258 e. The van der Waals surface area contributed by atoms with Gasteiger partial charge in [0.2, 0.25) is 0 Å². The number of carbonyl (C=O) groups is 1. The lowest BCUT2D eigenvalue weighted by Gasteiger charge is -2.18. The molecule has 0 aliphatic heterocycles. The van der Waals surface area contributed by atoms with Crippen molar-refractivity contribution in [2.45, 2.75) is 19.3 Å². The van der Waals surface area contributed by atoms with Gasteiger partial charge in [-0.25, -0.2) is 4.39 Å². The van der Waals surface area contributed by atoms with Gasteiger partial charge in [0.05, 0.1) is 0 Å². The number of nitrogens with one attached hydrogen (secondary N) is 1. The Balaban J connectivity index is 1.98. The number of halogens is 2. The van der Waals surface area contributed by atoms with Crippen LogP contribution >= 0.6 is 15.9 Å². The van der Waals surface area contributed by atoms with Crippen LogP contribution < -0.4 is 5.32 Å². The fraction of sp³-hybridized carbons (Fsp3) is 0.500. The lowest BCUT2D eigenvalue weighted by atomic mass is 9.98. The fourth-order valence-electron chi connectivity index (χ4n) is 2.64. The molecule has 1 saturated carbocycles. The molecular weight excluding hydrogens is 313 g/mol. The number of alkyl halides is 1. The lowest BCUT2D eigenvalue weighted by molar-refractivity contribution is 0.0938. The zero-order valence-corrected chi connectivity index (χ0v) is 12.1. The van der Waals surface area contributed by atoms with Crippen LogP contribution in [-0.4, -0.2) is 22.9 Å². The van der Waals surface area contributed by atoms with E-state index in [0.29, 0.717) is 18.4 Å². The van der Waals surface area contributed by atoms with Gasteiger partial charge < -0.3 is 10.4 Å². The Hall–Kier alpha value is -1.10. The largest absolute Gasteiger partial charge is 0.507 e. The third-order valence-corrected chi connectivity index (χ3v) is 4.59. The van der Waals surface area contributed by atoms with Gasteiger partial charge in [-0.3, -0.25) is 4.79 Å². The second kappa shape index (κ2) is 6.37. The number of carbonyl (C=O) groups excluding carboxylic acids is 1. The first-order valence-electron chi connectivity index (χ1n) is 6.45. The summed E-state index contributed by atoms with van der Waals surface area (Å²) >= 11 is 3.48. The van der Waals surface area contributed by atoms with Crippen LogP contribution in [0.5, 0.6) is 5.75 Å². The zero-order valence-electron chi connectivity index (χ0n) is 10.5. The highest BCUT2D eigenvalue weighted by molar-refractivity contribution is 9.09. The predicted molar refractivity (Wildman–Crippen MR) is 75.0 cm³/mol. The van der Waals surface area contributed by atoms with E-state index in [1.807, 2.05) is 0 Å². The SMILES string of the molecule is O=C(NCC1CCCC1CBr)c1c(O)cccc1F. The fourth-order valence-corrected chi connectivity index (χ4v) is 3.49. The van der Waals surface area contributed by atoms with Crippen molar-refractivity contribution in [3.63, 3.8) is 0 Å². The highest BCUT2D eigenvalue weighted by atomic mass is 79.9. The molecule has 0 saturated heterocycles. The molecule has 2 rings (SSSR count). The highest BCUT2D eigenvalue weighted by Gasteiger charge is 2.27. The minimum atomic E-state index is -0.694. The van der Waals surface area contributed by atoms with Crippen LogP contribution in [0.2, 0.25) is 0 Å². The smallest absolute Gasteiger partial charge is 0.258 e. The summed E-state index contributed by atoms with van der Waals surface area (Å²) < 4.78 is 13.5. The molecule has 0 radical (unpaired) electrons. The zero-order chi connectivity index (χ0) is 13.8. The Bertz CT molecular complexity index is 447. The summed E-state index contributed by atoms with van der Waals surface area (Å²) in [7, 11) is 0.